The first-order chi connectivity index (χ1) is 8.10. The number of carbonyl (C=O) groups excluding carboxylic acids is 2. The van der Waals surface area contributed by atoms with E-state index in [1.54, 1.807) is 0 Å². The van der Waals surface area contributed by atoms with Crippen LogP contribution in [-0.4, -0.2) is 22.2 Å². The molecule has 0 aliphatic heterocycles. The maximum Gasteiger partial charge on any atom is 0.295 e. The lowest BCUT2D eigenvalue weighted by Crippen LogP contribution is -2.11. The Labute approximate surface area is 93.8 Å². The predicted octanol–water partition coefficient (Wildman–Crippen LogP) is 1.64. The Balaban J connectivity index is 2.36. The molecule has 2 aromatic rings. The third kappa shape index (κ3) is 2.27. The van der Waals surface area contributed by atoms with Crippen LogP contribution in [0, 0.1) is 0 Å². The number of anilines is 1. The average Bonchev–Trinajstić information content (AvgIpc) is 2.72. The molecule has 0 aliphatic carbocycles. The number of aldehydes is 1. The number of halogens is 2. The van der Waals surface area contributed by atoms with Gasteiger partial charge in [0.05, 0.1) is 11.0 Å². The van der Waals surface area contributed by atoms with Crippen molar-refractivity contribution >= 4 is 28.9 Å². The van der Waals surface area contributed by atoms with Crippen molar-refractivity contribution in [2.75, 3.05) is 5.32 Å². The fourth-order valence-corrected chi connectivity index (χ4v) is 1.38. The molecule has 17 heavy (non-hydrogen) atoms. The standard InChI is InChI=1S/C10H7F2N3O2/c11-9(12)10-14-6-2-1-5(3-7(6)15-10)13-8(17)4-16/h1-4,9H,(H,13,17)(H,14,15). The largest absolute Gasteiger partial charge is 0.337 e. The number of aromatic amines is 1. The summed E-state index contributed by atoms with van der Waals surface area (Å²) in [5.41, 5.74) is 1.06. The van der Waals surface area contributed by atoms with E-state index in [9.17, 15) is 18.4 Å². The fraction of sp³-hybridized carbons (Fsp3) is 0.100. The van der Waals surface area contributed by atoms with E-state index in [0.29, 0.717) is 16.7 Å². The normalized spacial score (nSPS) is 10.8. The quantitative estimate of drug-likeness (QED) is 0.631. The summed E-state index contributed by atoms with van der Waals surface area (Å²) in [6.07, 6.45) is -2.56. The topological polar surface area (TPSA) is 74.8 Å². The van der Waals surface area contributed by atoms with Crippen LogP contribution in [0.2, 0.25) is 0 Å². The van der Waals surface area contributed by atoms with Gasteiger partial charge >= 0.3 is 0 Å². The second-order valence-corrected chi connectivity index (χ2v) is 3.26. The maximum atomic E-state index is 12.4. The van der Waals surface area contributed by atoms with Gasteiger partial charge < -0.3 is 10.3 Å². The number of imidazole rings is 1. The molecule has 1 aromatic carbocycles. The molecule has 1 amide bonds. The van der Waals surface area contributed by atoms with E-state index in [-0.39, 0.29) is 6.29 Å². The molecule has 5 nitrogen and oxygen atoms in total. The SMILES string of the molecule is O=CC(=O)Nc1ccc2nc(C(F)F)[nH]c2c1. The third-order valence-corrected chi connectivity index (χ3v) is 2.08. The van der Waals surface area contributed by atoms with Crippen LogP contribution in [-0.2, 0) is 9.59 Å². The second kappa shape index (κ2) is 4.28. The van der Waals surface area contributed by atoms with Crippen LogP contribution in [0.5, 0.6) is 0 Å². The number of benzene rings is 1. The number of nitrogens with one attached hydrogen (secondary N) is 2. The number of nitrogens with zero attached hydrogens (tertiary/aromatic N) is 1. The molecule has 0 bridgehead atoms. The molecular formula is C10H7F2N3O2. The minimum Gasteiger partial charge on any atom is -0.337 e. The number of carbonyl (C=O) groups is 2. The summed E-state index contributed by atoms with van der Waals surface area (Å²) in [5.74, 6) is -1.24. The molecule has 2 N–H and O–H groups in total. The van der Waals surface area contributed by atoms with E-state index >= 15 is 0 Å². The fourth-order valence-electron chi connectivity index (χ4n) is 1.38. The highest BCUT2D eigenvalue weighted by Gasteiger charge is 2.12. The third-order valence-electron chi connectivity index (χ3n) is 2.08. The molecule has 0 spiro atoms. The highest BCUT2D eigenvalue weighted by atomic mass is 19.3. The van der Waals surface area contributed by atoms with Gasteiger partial charge in [-0.1, -0.05) is 0 Å². The molecule has 0 saturated heterocycles. The number of fused-ring (bicyclic) bond motifs is 1. The van der Waals surface area contributed by atoms with Crippen LogP contribution in [0.1, 0.15) is 12.2 Å². The lowest BCUT2D eigenvalue weighted by atomic mass is 10.3. The number of amides is 1. The molecule has 0 saturated carbocycles. The molecule has 0 fully saturated rings. The number of alkyl halides is 2. The summed E-state index contributed by atoms with van der Waals surface area (Å²) < 4.78 is 24.7. The number of H-pyrrole nitrogens is 1. The van der Waals surface area contributed by atoms with Gasteiger partial charge in [0.25, 0.3) is 12.3 Å². The van der Waals surface area contributed by atoms with E-state index in [0.717, 1.165) is 0 Å². The van der Waals surface area contributed by atoms with Gasteiger partial charge in [0.2, 0.25) is 6.29 Å². The Hall–Kier alpha value is -2.31. The van der Waals surface area contributed by atoms with Gasteiger partial charge in [0.1, 0.15) is 0 Å². The highest BCUT2D eigenvalue weighted by Crippen LogP contribution is 2.22. The lowest BCUT2D eigenvalue weighted by molar-refractivity contribution is -0.127. The minimum atomic E-state index is -2.68. The summed E-state index contributed by atoms with van der Waals surface area (Å²) in [6, 6.07) is 4.37. The van der Waals surface area contributed by atoms with Crippen molar-refractivity contribution in [3.63, 3.8) is 0 Å². The zero-order chi connectivity index (χ0) is 12.4. The predicted molar refractivity (Wildman–Crippen MR) is 55.7 cm³/mol. The molecule has 0 aliphatic rings. The van der Waals surface area contributed by atoms with E-state index in [1.807, 2.05) is 0 Å². The van der Waals surface area contributed by atoms with Crippen LogP contribution in [0.15, 0.2) is 18.2 Å². The van der Waals surface area contributed by atoms with Gasteiger partial charge in [-0.05, 0) is 18.2 Å². The number of aromatic nitrogens is 2. The summed E-state index contributed by atoms with van der Waals surface area (Å²) in [7, 11) is 0. The molecule has 1 aromatic heterocycles. The Kier molecular flexibility index (Phi) is 2.82. The van der Waals surface area contributed by atoms with Gasteiger partial charge in [-0.25, -0.2) is 13.8 Å². The smallest absolute Gasteiger partial charge is 0.295 e. The first-order valence-electron chi connectivity index (χ1n) is 4.64. The van der Waals surface area contributed by atoms with Gasteiger partial charge in [-0.15, -0.1) is 0 Å². The number of rotatable bonds is 3. The number of hydrogen-bond acceptors (Lipinski definition) is 3. The van der Waals surface area contributed by atoms with Gasteiger partial charge in [0, 0.05) is 5.69 Å². The first kappa shape index (κ1) is 11.2. The van der Waals surface area contributed by atoms with Crippen LogP contribution in [0.25, 0.3) is 11.0 Å². The Bertz CT molecular complexity index is 580. The molecule has 0 radical (unpaired) electrons. The zero-order valence-electron chi connectivity index (χ0n) is 8.41. The number of hydrogen-bond donors (Lipinski definition) is 2. The molecule has 0 unspecified atom stereocenters. The van der Waals surface area contributed by atoms with E-state index in [4.69, 9.17) is 0 Å². The molecule has 2 rings (SSSR count). The molecule has 1 heterocycles. The monoisotopic (exact) mass is 239 g/mol. The first-order valence-corrected chi connectivity index (χ1v) is 4.64. The van der Waals surface area contributed by atoms with Crippen molar-refractivity contribution in [1.82, 2.24) is 9.97 Å². The highest BCUT2D eigenvalue weighted by molar-refractivity contribution is 6.29. The zero-order valence-corrected chi connectivity index (χ0v) is 8.41. The average molecular weight is 239 g/mol. The molecule has 7 heteroatoms. The minimum absolute atomic E-state index is 0.127. The van der Waals surface area contributed by atoms with Crippen LogP contribution >= 0.6 is 0 Å². The van der Waals surface area contributed by atoms with Crippen LogP contribution in [0.3, 0.4) is 0 Å². The van der Waals surface area contributed by atoms with E-state index in [1.165, 1.54) is 18.2 Å². The second-order valence-electron chi connectivity index (χ2n) is 3.26. The summed E-state index contributed by atoms with van der Waals surface area (Å²) in [5, 5.41) is 2.28. The van der Waals surface area contributed by atoms with Crippen LogP contribution < -0.4 is 5.32 Å². The molecular weight excluding hydrogens is 232 g/mol. The van der Waals surface area contributed by atoms with Crippen molar-refractivity contribution in [2.24, 2.45) is 0 Å². The van der Waals surface area contributed by atoms with Gasteiger partial charge in [0.15, 0.2) is 5.82 Å². The van der Waals surface area contributed by atoms with Crippen molar-refractivity contribution in [3.05, 3.63) is 24.0 Å². The summed E-state index contributed by atoms with van der Waals surface area (Å²) >= 11 is 0. The van der Waals surface area contributed by atoms with Crippen LogP contribution in [0.4, 0.5) is 14.5 Å². The van der Waals surface area contributed by atoms with Crippen molar-refractivity contribution in [2.45, 2.75) is 6.43 Å². The molecule has 88 valence electrons. The Morgan fingerprint density at radius 2 is 2.24 bits per heavy atom. The Morgan fingerprint density at radius 3 is 2.88 bits per heavy atom. The summed E-state index contributed by atoms with van der Waals surface area (Å²) in [4.78, 5) is 27.0. The van der Waals surface area contributed by atoms with Crippen molar-refractivity contribution < 1.29 is 18.4 Å². The van der Waals surface area contributed by atoms with E-state index in [2.05, 4.69) is 15.3 Å². The van der Waals surface area contributed by atoms with Crippen molar-refractivity contribution in [3.8, 4) is 0 Å². The molecule has 0 atom stereocenters. The lowest BCUT2D eigenvalue weighted by Gasteiger charge is -1.99. The Morgan fingerprint density at radius 1 is 1.47 bits per heavy atom. The van der Waals surface area contributed by atoms with E-state index < -0.39 is 18.2 Å². The van der Waals surface area contributed by atoms with Crippen molar-refractivity contribution in [1.29, 1.82) is 0 Å². The summed E-state index contributed by atoms with van der Waals surface area (Å²) in [6.45, 7) is 0. The maximum absolute atomic E-state index is 12.4. The van der Waals surface area contributed by atoms with Gasteiger partial charge in [-0.3, -0.25) is 9.59 Å². The van der Waals surface area contributed by atoms with Gasteiger partial charge in [-0.2, -0.15) is 0 Å².